The van der Waals surface area contributed by atoms with E-state index in [0.717, 1.165) is 21.9 Å². The van der Waals surface area contributed by atoms with Gasteiger partial charge in [-0.25, -0.2) is 9.78 Å². The number of nitrogens with one attached hydrogen (secondary N) is 1. The largest absolute Gasteiger partial charge is 0.478 e. The summed E-state index contributed by atoms with van der Waals surface area (Å²) in [6, 6.07) is 12.7. The standard InChI is InChI=1S/C15H13N3O2S/c16-9-4-6-10(7-5-9)21-8-13-17-12-3-1-2-11(15(19)20)14(12)18-13/h1-7H,8,16H2,(H,17,18)(H,19,20). The summed E-state index contributed by atoms with van der Waals surface area (Å²) in [6.45, 7) is 0. The maximum atomic E-state index is 11.2. The number of hydrogen-bond acceptors (Lipinski definition) is 4. The average molecular weight is 299 g/mol. The molecule has 0 aliphatic heterocycles. The quantitative estimate of drug-likeness (QED) is 0.508. The van der Waals surface area contributed by atoms with E-state index in [9.17, 15) is 4.79 Å². The molecule has 0 amide bonds. The Kier molecular flexibility index (Phi) is 3.53. The lowest BCUT2D eigenvalue weighted by Crippen LogP contribution is -1.96. The number of fused-ring (bicyclic) bond motifs is 1. The fraction of sp³-hybridized carbons (Fsp3) is 0.0667. The molecule has 3 aromatic rings. The van der Waals surface area contributed by atoms with Crippen LogP contribution in [0.3, 0.4) is 0 Å². The number of benzene rings is 2. The number of hydrogen-bond donors (Lipinski definition) is 3. The van der Waals surface area contributed by atoms with Gasteiger partial charge in [-0.15, -0.1) is 11.8 Å². The molecule has 4 N–H and O–H groups in total. The molecule has 0 bridgehead atoms. The molecule has 0 spiro atoms. The zero-order valence-electron chi connectivity index (χ0n) is 11.0. The van der Waals surface area contributed by atoms with Gasteiger partial charge < -0.3 is 15.8 Å². The number of thioether (sulfide) groups is 1. The first-order valence-electron chi connectivity index (χ1n) is 6.33. The predicted molar refractivity (Wildman–Crippen MR) is 83.5 cm³/mol. The van der Waals surface area contributed by atoms with Gasteiger partial charge >= 0.3 is 5.97 Å². The molecule has 0 radical (unpaired) electrons. The number of nitrogens with two attached hydrogens (primary N) is 1. The summed E-state index contributed by atoms with van der Waals surface area (Å²) in [7, 11) is 0. The molecular formula is C15H13N3O2S. The number of carbonyl (C=O) groups is 1. The van der Waals surface area contributed by atoms with Crippen LogP contribution in [0.1, 0.15) is 16.2 Å². The molecule has 0 saturated carbocycles. The predicted octanol–water partition coefficient (Wildman–Crippen LogP) is 3.14. The summed E-state index contributed by atoms with van der Waals surface area (Å²) in [4.78, 5) is 19.8. The lowest BCUT2D eigenvalue weighted by Gasteiger charge is -1.99. The third-order valence-electron chi connectivity index (χ3n) is 3.05. The molecule has 0 unspecified atom stereocenters. The van der Waals surface area contributed by atoms with Gasteiger partial charge in [-0.2, -0.15) is 0 Å². The number of rotatable bonds is 4. The smallest absolute Gasteiger partial charge is 0.337 e. The van der Waals surface area contributed by atoms with Crippen molar-refractivity contribution in [1.82, 2.24) is 9.97 Å². The van der Waals surface area contributed by atoms with Crippen LogP contribution in [0.25, 0.3) is 11.0 Å². The van der Waals surface area contributed by atoms with E-state index in [1.54, 1.807) is 23.9 Å². The van der Waals surface area contributed by atoms with Crippen LogP contribution in [0.15, 0.2) is 47.4 Å². The summed E-state index contributed by atoms with van der Waals surface area (Å²) in [5, 5.41) is 9.16. The van der Waals surface area contributed by atoms with Crippen LogP contribution in [-0.4, -0.2) is 21.0 Å². The van der Waals surface area contributed by atoms with Gasteiger partial charge in [-0.05, 0) is 36.4 Å². The van der Waals surface area contributed by atoms with Crippen LogP contribution in [-0.2, 0) is 5.75 Å². The highest BCUT2D eigenvalue weighted by Crippen LogP contribution is 2.24. The molecule has 21 heavy (non-hydrogen) atoms. The minimum atomic E-state index is -0.968. The first-order chi connectivity index (χ1) is 10.1. The van der Waals surface area contributed by atoms with Crippen molar-refractivity contribution >= 4 is 34.5 Å². The monoisotopic (exact) mass is 299 g/mol. The second-order valence-corrected chi connectivity index (χ2v) is 5.60. The Morgan fingerprint density at radius 1 is 1.24 bits per heavy atom. The van der Waals surface area contributed by atoms with Gasteiger partial charge in [-0.3, -0.25) is 0 Å². The van der Waals surface area contributed by atoms with E-state index in [2.05, 4.69) is 9.97 Å². The Morgan fingerprint density at radius 3 is 2.71 bits per heavy atom. The Balaban J connectivity index is 1.83. The molecule has 106 valence electrons. The molecule has 6 heteroatoms. The van der Waals surface area contributed by atoms with Gasteiger partial charge in [0.2, 0.25) is 0 Å². The Morgan fingerprint density at radius 2 is 2.00 bits per heavy atom. The molecule has 0 fully saturated rings. The van der Waals surface area contributed by atoms with Crippen molar-refractivity contribution in [2.75, 3.05) is 5.73 Å². The van der Waals surface area contributed by atoms with Gasteiger partial charge in [0, 0.05) is 10.6 Å². The lowest BCUT2D eigenvalue weighted by atomic mass is 10.2. The first kappa shape index (κ1) is 13.5. The average Bonchev–Trinajstić information content (AvgIpc) is 2.89. The number of carboxylic acid groups (broad SMARTS) is 1. The van der Waals surface area contributed by atoms with E-state index >= 15 is 0 Å². The lowest BCUT2D eigenvalue weighted by molar-refractivity contribution is 0.0699. The molecule has 0 atom stereocenters. The van der Waals surface area contributed by atoms with Crippen LogP contribution in [0.4, 0.5) is 5.69 Å². The fourth-order valence-electron chi connectivity index (χ4n) is 2.04. The van der Waals surface area contributed by atoms with Crippen molar-refractivity contribution in [2.45, 2.75) is 10.6 Å². The maximum Gasteiger partial charge on any atom is 0.337 e. The van der Waals surface area contributed by atoms with E-state index in [1.807, 2.05) is 30.3 Å². The summed E-state index contributed by atoms with van der Waals surface area (Å²) < 4.78 is 0. The summed E-state index contributed by atoms with van der Waals surface area (Å²) >= 11 is 1.61. The molecule has 0 aliphatic rings. The van der Waals surface area contributed by atoms with Crippen molar-refractivity contribution in [3.8, 4) is 0 Å². The van der Waals surface area contributed by atoms with Gasteiger partial charge in [-0.1, -0.05) is 6.07 Å². The highest BCUT2D eigenvalue weighted by molar-refractivity contribution is 7.98. The van der Waals surface area contributed by atoms with E-state index in [0.29, 0.717) is 11.3 Å². The van der Waals surface area contributed by atoms with Gasteiger partial charge in [0.05, 0.1) is 16.8 Å². The number of anilines is 1. The molecule has 2 aromatic carbocycles. The molecule has 0 aliphatic carbocycles. The van der Waals surface area contributed by atoms with Crippen molar-refractivity contribution in [1.29, 1.82) is 0 Å². The number of imidazole rings is 1. The number of nitrogens with zero attached hydrogens (tertiary/aromatic N) is 1. The number of aromatic nitrogens is 2. The number of aromatic carboxylic acids is 1. The molecule has 0 saturated heterocycles. The van der Waals surface area contributed by atoms with Crippen molar-refractivity contribution in [2.24, 2.45) is 0 Å². The first-order valence-corrected chi connectivity index (χ1v) is 7.31. The second kappa shape index (κ2) is 5.49. The Bertz CT molecular complexity index is 796. The highest BCUT2D eigenvalue weighted by Gasteiger charge is 2.12. The van der Waals surface area contributed by atoms with Gasteiger partial charge in [0.25, 0.3) is 0 Å². The number of nitrogen functional groups attached to an aromatic ring is 1. The minimum absolute atomic E-state index is 0.215. The summed E-state index contributed by atoms with van der Waals surface area (Å²) in [5.74, 6) is 0.419. The third kappa shape index (κ3) is 2.85. The highest BCUT2D eigenvalue weighted by atomic mass is 32.2. The second-order valence-electron chi connectivity index (χ2n) is 4.55. The molecule has 1 heterocycles. The third-order valence-corrected chi connectivity index (χ3v) is 4.07. The SMILES string of the molecule is Nc1ccc(SCc2nc3c(C(=O)O)cccc3[nH]2)cc1. The topological polar surface area (TPSA) is 92.0 Å². The van der Waals surface area contributed by atoms with Crippen molar-refractivity contribution < 1.29 is 9.90 Å². The maximum absolute atomic E-state index is 11.2. The molecule has 3 rings (SSSR count). The van der Waals surface area contributed by atoms with Crippen molar-refractivity contribution in [3.63, 3.8) is 0 Å². The zero-order valence-corrected chi connectivity index (χ0v) is 11.9. The Hall–Kier alpha value is -2.47. The van der Waals surface area contributed by atoms with Gasteiger partial charge in [0.15, 0.2) is 0 Å². The summed E-state index contributed by atoms with van der Waals surface area (Å²) in [6.07, 6.45) is 0. The van der Waals surface area contributed by atoms with Crippen molar-refractivity contribution in [3.05, 3.63) is 53.9 Å². The number of carboxylic acids is 1. The number of para-hydroxylation sites is 1. The zero-order chi connectivity index (χ0) is 14.8. The van der Waals surface area contributed by atoms with Gasteiger partial charge in [0.1, 0.15) is 11.3 Å². The van der Waals surface area contributed by atoms with E-state index in [-0.39, 0.29) is 5.56 Å². The van der Waals surface area contributed by atoms with Crippen LogP contribution < -0.4 is 5.73 Å². The molecule has 5 nitrogen and oxygen atoms in total. The van der Waals surface area contributed by atoms with Crippen LogP contribution in [0.2, 0.25) is 0 Å². The molecular weight excluding hydrogens is 286 g/mol. The van der Waals surface area contributed by atoms with E-state index in [1.165, 1.54) is 0 Å². The normalized spacial score (nSPS) is 10.9. The van der Waals surface area contributed by atoms with Crippen LogP contribution >= 0.6 is 11.8 Å². The van der Waals surface area contributed by atoms with E-state index in [4.69, 9.17) is 10.8 Å². The Labute approximate surface area is 125 Å². The fourth-order valence-corrected chi connectivity index (χ4v) is 2.81. The number of H-pyrrole nitrogens is 1. The minimum Gasteiger partial charge on any atom is -0.478 e. The van der Waals surface area contributed by atoms with Crippen LogP contribution in [0.5, 0.6) is 0 Å². The number of aromatic amines is 1. The van der Waals surface area contributed by atoms with Crippen LogP contribution in [0, 0.1) is 0 Å². The molecule has 1 aromatic heterocycles. The summed E-state index contributed by atoms with van der Waals surface area (Å²) in [5.41, 5.74) is 7.83. The van der Waals surface area contributed by atoms with E-state index < -0.39 is 5.97 Å².